The Labute approximate surface area is 109 Å². The Balaban J connectivity index is 2.69. The number of rotatable bonds is 5. The SMILES string of the molecule is O=S(=O)(CC(Cl)CCl)Oc1ccc(Cl)cc1. The summed E-state index contributed by atoms with van der Waals surface area (Å²) in [5.74, 6) is -0.0892. The first-order chi connectivity index (χ1) is 7.43. The minimum atomic E-state index is -3.72. The van der Waals surface area contributed by atoms with E-state index < -0.39 is 15.5 Å². The second kappa shape index (κ2) is 5.96. The molecule has 0 aliphatic heterocycles. The molecule has 0 heterocycles. The number of halogens is 3. The highest BCUT2D eigenvalue weighted by Gasteiger charge is 2.18. The van der Waals surface area contributed by atoms with Crippen molar-refractivity contribution in [2.75, 3.05) is 11.6 Å². The molecule has 16 heavy (non-hydrogen) atoms. The zero-order valence-electron chi connectivity index (χ0n) is 8.07. The molecule has 0 fully saturated rings. The van der Waals surface area contributed by atoms with E-state index in [2.05, 4.69) is 0 Å². The predicted octanol–water partition coefficient (Wildman–Crippen LogP) is 2.89. The second-order valence-electron chi connectivity index (χ2n) is 3.01. The van der Waals surface area contributed by atoms with Crippen molar-refractivity contribution in [2.45, 2.75) is 5.38 Å². The van der Waals surface area contributed by atoms with Gasteiger partial charge in [-0.1, -0.05) is 11.6 Å². The Morgan fingerprint density at radius 1 is 1.25 bits per heavy atom. The maximum Gasteiger partial charge on any atom is 0.310 e. The van der Waals surface area contributed by atoms with E-state index in [-0.39, 0.29) is 17.4 Å². The summed E-state index contributed by atoms with van der Waals surface area (Å²) >= 11 is 16.7. The fraction of sp³-hybridized carbons (Fsp3) is 0.333. The molecule has 90 valence electrons. The van der Waals surface area contributed by atoms with Gasteiger partial charge in [-0.3, -0.25) is 0 Å². The van der Waals surface area contributed by atoms with Gasteiger partial charge < -0.3 is 4.18 Å². The summed E-state index contributed by atoms with van der Waals surface area (Å²) in [4.78, 5) is 0. The Kier molecular flexibility index (Phi) is 5.18. The van der Waals surface area contributed by atoms with Gasteiger partial charge in [-0.15, -0.1) is 23.2 Å². The van der Waals surface area contributed by atoms with Crippen molar-refractivity contribution in [1.29, 1.82) is 0 Å². The summed E-state index contributed by atoms with van der Waals surface area (Å²) in [7, 11) is -3.72. The Bertz CT molecular complexity index is 430. The average molecular weight is 304 g/mol. The van der Waals surface area contributed by atoms with Gasteiger partial charge in [0.2, 0.25) is 0 Å². The maximum absolute atomic E-state index is 11.5. The molecule has 0 aromatic heterocycles. The molecule has 0 aliphatic carbocycles. The lowest BCUT2D eigenvalue weighted by Gasteiger charge is -2.08. The Morgan fingerprint density at radius 2 is 1.81 bits per heavy atom. The second-order valence-corrected chi connectivity index (χ2v) is 5.99. The van der Waals surface area contributed by atoms with Crippen LogP contribution in [0.15, 0.2) is 24.3 Å². The van der Waals surface area contributed by atoms with E-state index in [1.165, 1.54) is 24.3 Å². The van der Waals surface area contributed by atoms with Crippen molar-refractivity contribution in [1.82, 2.24) is 0 Å². The van der Waals surface area contributed by atoms with Crippen molar-refractivity contribution in [3.05, 3.63) is 29.3 Å². The van der Waals surface area contributed by atoms with Gasteiger partial charge in [0, 0.05) is 10.9 Å². The number of hydrogen-bond acceptors (Lipinski definition) is 3. The summed E-state index contributed by atoms with van der Waals surface area (Å²) < 4.78 is 27.7. The maximum atomic E-state index is 11.5. The van der Waals surface area contributed by atoms with Crippen molar-refractivity contribution < 1.29 is 12.6 Å². The van der Waals surface area contributed by atoms with Crippen LogP contribution in [0.3, 0.4) is 0 Å². The Hall–Kier alpha value is -0.160. The van der Waals surface area contributed by atoms with Gasteiger partial charge in [0.25, 0.3) is 0 Å². The van der Waals surface area contributed by atoms with Crippen LogP contribution in [0.25, 0.3) is 0 Å². The first-order valence-corrected chi connectivity index (χ1v) is 7.23. The van der Waals surface area contributed by atoms with Crippen LogP contribution in [0, 0.1) is 0 Å². The van der Waals surface area contributed by atoms with Gasteiger partial charge in [-0.25, -0.2) is 0 Å². The molecule has 1 atom stereocenters. The van der Waals surface area contributed by atoms with Gasteiger partial charge in [0.1, 0.15) is 11.5 Å². The van der Waals surface area contributed by atoms with E-state index in [4.69, 9.17) is 39.0 Å². The lowest BCUT2D eigenvalue weighted by Crippen LogP contribution is -2.22. The molecule has 0 aliphatic rings. The lowest BCUT2D eigenvalue weighted by atomic mass is 10.3. The molecule has 1 rings (SSSR count). The number of alkyl halides is 2. The van der Waals surface area contributed by atoms with Crippen molar-refractivity contribution in [2.24, 2.45) is 0 Å². The third-order valence-corrected chi connectivity index (χ3v) is 4.12. The molecule has 0 saturated heterocycles. The lowest BCUT2D eigenvalue weighted by molar-refractivity contribution is 0.485. The quantitative estimate of drug-likeness (QED) is 0.620. The van der Waals surface area contributed by atoms with E-state index in [1.807, 2.05) is 0 Å². The predicted molar refractivity (Wildman–Crippen MR) is 66.2 cm³/mol. The first-order valence-electron chi connectivity index (χ1n) is 4.31. The Morgan fingerprint density at radius 3 is 2.31 bits per heavy atom. The molecular weight excluding hydrogens is 295 g/mol. The molecular formula is C9H9Cl3O3S. The molecule has 0 N–H and O–H groups in total. The minimum Gasteiger partial charge on any atom is -0.382 e. The minimum absolute atomic E-state index is 0.0464. The fourth-order valence-electron chi connectivity index (χ4n) is 0.937. The molecule has 3 nitrogen and oxygen atoms in total. The first kappa shape index (κ1) is 13.9. The van der Waals surface area contributed by atoms with Crippen molar-refractivity contribution >= 4 is 44.9 Å². The standard InChI is InChI=1S/C9H9Cl3O3S/c10-5-8(12)6-16(13,14)15-9-3-1-7(11)2-4-9/h1-4,8H,5-6H2. The van der Waals surface area contributed by atoms with E-state index in [9.17, 15) is 8.42 Å². The monoisotopic (exact) mass is 302 g/mol. The summed E-state index contributed by atoms with van der Waals surface area (Å²) in [5, 5.41) is -0.167. The third kappa shape index (κ3) is 4.78. The molecule has 1 unspecified atom stereocenters. The van der Waals surface area contributed by atoms with Crippen LogP contribution in [0.2, 0.25) is 5.02 Å². The van der Waals surface area contributed by atoms with Crippen LogP contribution < -0.4 is 4.18 Å². The largest absolute Gasteiger partial charge is 0.382 e. The normalized spacial score (nSPS) is 13.4. The molecule has 0 amide bonds. The smallest absolute Gasteiger partial charge is 0.310 e. The fourth-order valence-corrected chi connectivity index (χ4v) is 2.80. The average Bonchev–Trinajstić information content (AvgIpc) is 2.20. The molecule has 1 aromatic rings. The van der Waals surface area contributed by atoms with Crippen molar-refractivity contribution in [3.63, 3.8) is 0 Å². The number of benzene rings is 1. The molecule has 0 radical (unpaired) electrons. The highest BCUT2D eigenvalue weighted by Crippen LogP contribution is 2.18. The molecule has 0 spiro atoms. The van der Waals surface area contributed by atoms with E-state index in [0.717, 1.165) is 0 Å². The topological polar surface area (TPSA) is 43.4 Å². The molecule has 1 aromatic carbocycles. The van der Waals surface area contributed by atoms with E-state index in [0.29, 0.717) is 5.02 Å². The van der Waals surface area contributed by atoms with Crippen LogP contribution in [-0.2, 0) is 10.1 Å². The number of hydrogen-bond donors (Lipinski definition) is 0. The van der Waals surface area contributed by atoms with Gasteiger partial charge in [-0.2, -0.15) is 8.42 Å². The molecule has 0 saturated carbocycles. The van der Waals surface area contributed by atoms with Crippen molar-refractivity contribution in [3.8, 4) is 5.75 Å². The van der Waals surface area contributed by atoms with Crippen LogP contribution in [0.1, 0.15) is 0 Å². The van der Waals surface area contributed by atoms with E-state index in [1.54, 1.807) is 0 Å². The van der Waals surface area contributed by atoms with Gasteiger partial charge in [-0.05, 0) is 24.3 Å². The zero-order valence-corrected chi connectivity index (χ0v) is 11.2. The molecule has 7 heteroatoms. The van der Waals surface area contributed by atoms with Crippen LogP contribution in [-0.4, -0.2) is 25.4 Å². The molecule has 0 bridgehead atoms. The third-order valence-electron chi connectivity index (χ3n) is 1.59. The summed E-state index contributed by atoms with van der Waals surface area (Å²) in [6.45, 7) is 0. The summed E-state index contributed by atoms with van der Waals surface area (Å²) in [5.41, 5.74) is 0. The highest BCUT2D eigenvalue weighted by atomic mass is 35.5. The highest BCUT2D eigenvalue weighted by molar-refractivity contribution is 7.87. The summed E-state index contributed by atoms with van der Waals surface area (Å²) in [6, 6.07) is 5.99. The van der Waals surface area contributed by atoms with Crippen LogP contribution in [0.4, 0.5) is 0 Å². The van der Waals surface area contributed by atoms with Gasteiger partial charge >= 0.3 is 10.1 Å². The van der Waals surface area contributed by atoms with E-state index >= 15 is 0 Å². The summed E-state index contributed by atoms with van der Waals surface area (Å²) in [6.07, 6.45) is 0. The van der Waals surface area contributed by atoms with Gasteiger partial charge in [0.15, 0.2) is 0 Å². The van der Waals surface area contributed by atoms with Crippen LogP contribution >= 0.6 is 34.8 Å². The van der Waals surface area contributed by atoms with Crippen LogP contribution in [0.5, 0.6) is 5.75 Å². The van der Waals surface area contributed by atoms with Gasteiger partial charge in [0.05, 0.1) is 5.38 Å². The zero-order chi connectivity index (χ0) is 12.2.